The molecule has 0 aliphatic rings. The van der Waals surface area contributed by atoms with Gasteiger partial charge in [-0.15, -0.1) is 0 Å². The van der Waals surface area contributed by atoms with E-state index in [1.807, 2.05) is 0 Å². The Morgan fingerprint density at radius 2 is 0.769 bits per heavy atom. The van der Waals surface area contributed by atoms with E-state index in [0.29, 0.717) is 0 Å². The van der Waals surface area contributed by atoms with Crippen molar-refractivity contribution < 1.29 is 9.47 Å². The quantitative estimate of drug-likeness (QED) is 0.0898. The SMILES string of the molecule is [CH2]CCc1c(OCCCCCCCCCCCCCC)cccc1OCCCCCCCCCCCCCC. The topological polar surface area (TPSA) is 18.5 Å². The molecular weight excluding hydrogens is 476 g/mol. The van der Waals surface area contributed by atoms with Gasteiger partial charge in [0.2, 0.25) is 0 Å². The first-order valence-corrected chi connectivity index (χ1v) is 17.5. The molecule has 0 saturated heterocycles. The molecule has 0 saturated carbocycles. The molecule has 39 heavy (non-hydrogen) atoms. The molecule has 0 spiro atoms. The maximum atomic E-state index is 6.23. The molecule has 1 radical (unpaired) electrons. The van der Waals surface area contributed by atoms with Crippen LogP contribution in [0.4, 0.5) is 0 Å². The maximum Gasteiger partial charge on any atom is 0.126 e. The fourth-order valence-corrected chi connectivity index (χ4v) is 5.49. The fraction of sp³-hybridized carbons (Fsp3) is 0.811. The van der Waals surface area contributed by atoms with Crippen molar-refractivity contribution in [2.24, 2.45) is 0 Å². The highest BCUT2D eigenvalue weighted by atomic mass is 16.5. The van der Waals surface area contributed by atoms with Gasteiger partial charge in [-0.1, -0.05) is 168 Å². The van der Waals surface area contributed by atoms with E-state index in [1.165, 1.54) is 147 Å². The smallest absolute Gasteiger partial charge is 0.126 e. The van der Waals surface area contributed by atoms with E-state index in [4.69, 9.17) is 9.47 Å². The lowest BCUT2D eigenvalue weighted by Crippen LogP contribution is -2.04. The van der Waals surface area contributed by atoms with Crippen LogP contribution in [0, 0.1) is 6.92 Å². The van der Waals surface area contributed by atoms with Crippen LogP contribution in [0.5, 0.6) is 11.5 Å². The molecule has 2 heteroatoms. The summed E-state index contributed by atoms with van der Waals surface area (Å²) in [6.07, 6.45) is 34.7. The van der Waals surface area contributed by atoms with E-state index in [-0.39, 0.29) is 0 Å². The predicted molar refractivity (Wildman–Crippen MR) is 173 cm³/mol. The Hall–Kier alpha value is -1.18. The summed E-state index contributed by atoms with van der Waals surface area (Å²) >= 11 is 0. The van der Waals surface area contributed by atoms with Crippen molar-refractivity contribution >= 4 is 0 Å². The molecule has 1 aromatic rings. The van der Waals surface area contributed by atoms with Crippen LogP contribution in [0.15, 0.2) is 18.2 Å². The summed E-state index contributed by atoms with van der Waals surface area (Å²) in [5, 5.41) is 0. The first-order valence-electron chi connectivity index (χ1n) is 17.5. The van der Waals surface area contributed by atoms with Gasteiger partial charge in [0.25, 0.3) is 0 Å². The van der Waals surface area contributed by atoms with Crippen LogP contribution in [0.1, 0.15) is 180 Å². The van der Waals surface area contributed by atoms with Crippen molar-refractivity contribution in [3.8, 4) is 11.5 Å². The second kappa shape index (κ2) is 28.4. The Morgan fingerprint density at radius 3 is 1.08 bits per heavy atom. The van der Waals surface area contributed by atoms with Gasteiger partial charge in [0.15, 0.2) is 0 Å². The Morgan fingerprint density at radius 1 is 0.462 bits per heavy atom. The molecule has 0 atom stereocenters. The molecular formula is C37H67O2. The second-order valence-electron chi connectivity index (χ2n) is 11.8. The zero-order valence-electron chi connectivity index (χ0n) is 26.6. The lowest BCUT2D eigenvalue weighted by molar-refractivity contribution is 0.284. The van der Waals surface area contributed by atoms with Crippen molar-refractivity contribution in [1.29, 1.82) is 0 Å². The third-order valence-electron chi connectivity index (χ3n) is 8.03. The number of hydrogen-bond donors (Lipinski definition) is 0. The van der Waals surface area contributed by atoms with Gasteiger partial charge in [0.1, 0.15) is 11.5 Å². The molecule has 227 valence electrons. The molecule has 0 amide bonds. The monoisotopic (exact) mass is 544 g/mol. The molecule has 0 unspecified atom stereocenters. The summed E-state index contributed by atoms with van der Waals surface area (Å²) in [5.41, 5.74) is 1.21. The van der Waals surface area contributed by atoms with Gasteiger partial charge in [-0.05, 0) is 37.8 Å². The molecule has 0 heterocycles. The summed E-state index contributed by atoms with van der Waals surface area (Å²) in [6.45, 7) is 10.3. The van der Waals surface area contributed by atoms with Crippen LogP contribution in [0.25, 0.3) is 0 Å². The third-order valence-corrected chi connectivity index (χ3v) is 8.03. The Bertz CT molecular complexity index is 578. The second-order valence-corrected chi connectivity index (χ2v) is 11.8. The molecule has 0 N–H and O–H groups in total. The molecule has 0 aliphatic heterocycles. The average Bonchev–Trinajstić information content (AvgIpc) is 2.95. The molecule has 0 fully saturated rings. The summed E-state index contributed by atoms with van der Waals surface area (Å²) in [5.74, 6) is 2.02. The van der Waals surface area contributed by atoms with Gasteiger partial charge in [-0.25, -0.2) is 0 Å². The largest absolute Gasteiger partial charge is 0.493 e. The number of hydrogen-bond acceptors (Lipinski definition) is 2. The van der Waals surface area contributed by atoms with Crippen LogP contribution in [0.3, 0.4) is 0 Å². The van der Waals surface area contributed by atoms with E-state index in [1.54, 1.807) is 0 Å². The summed E-state index contributed by atoms with van der Waals surface area (Å²) in [6, 6.07) is 6.31. The van der Waals surface area contributed by atoms with E-state index < -0.39 is 0 Å². The highest BCUT2D eigenvalue weighted by Gasteiger charge is 2.10. The molecule has 2 nitrogen and oxygen atoms in total. The number of ether oxygens (including phenoxy) is 2. The van der Waals surface area contributed by atoms with Crippen molar-refractivity contribution in [3.63, 3.8) is 0 Å². The Kier molecular flexibility index (Phi) is 26.1. The maximum absolute atomic E-state index is 6.23. The number of rotatable bonds is 30. The van der Waals surface area contributed by atoms with Crippen molar-refractivity contribution in [2.45, 2.75) is 181 Å². The Balaban J connectivity index is 2.11. The van der Waals surface area contributed by atoms with Crippen LogP contribution >= 0.6 is 0 Å². The van der Waals surface area contributed by atoms with E-state index in [2.05, 4.69) is 39.0 Å². The van der Waals surface area contributed by atoms with Crippen molar-refractivity contribution in [1.82, 2.24) is 0 Å². The van der Waals surface area contributed by atoms with Crippen LogP contribution in [-0.2, 0) is 6.42 Å². The molecule has 0 bridgehead atoms. The van der Waals surface area contributed by atoms with Gasteiger partial charge in [-0.3, -0.25) is 0 Å². The third kappa shape index (κ3) is 21.3. The number of unbranched alkanes of at least 4 members (excludes halogenated alkanes) is 22. The van der Waals surface area contributed by atoms with Gasteiger partial charge in [-0.2, -0.15) is 0 Å². The lowest BCUT2D eigenvalue weighted by Gasteiger charge is -2.16. The fourth-order valence-electron chi connectivity index (χ4n) is 5.49. The minimum Gasteiger partial charge on any atom is -0.493 e. The van der Waals surface area contributed by atoms with E-state index in [0.717, 1.165) is 50.4 Å². The van der Waals surface area contributed by atoms with Crippen molar-refractivity contribution in [3.05, 3.63) is 30.7 Å². The minimum absolute atomic E-state index is 0.809. The van der Waals surface area contributed by atoms with Gasteiger partial charge in [0.05, 0.1) is 13.2 Å². The highest BCUT2D eigenvalue weighted by Crippen LogP contribution is 2.30. The number of benzene rings is 1. The summed E-state index contributed by atoms with van der Waals surface area (Å²) < 4.78 is 12.5. The van der Waals surface area contributed by atoms with Gasteiger partial charge >= 0.3 is 0 Å². The van der Waals surface area contributed by atoms with Gasteiger partial charge in [0, 0.05) is 5.56 Å². The molecule has 1 rings (SSSR count). The van der Waals surface area contributed by atoms with Crippen LogP contribution in [-0.4, -0.2) is 13.2 Å². The molecule has 1 aromatic carbocycles. The van der Waals surface area contributed by atoms with Gasteiger partial charge < -0.3 is 9.47 Å². The van der Waals surface area contributed by atoms with E-state index in [9.17, 15) is 0 Å². The summed E-state index contributed by atoms with van der Waals surface area (Å²) in [7, 11) is 0. The predicted octanol–water partition coefficient (Wildman–Crippen LogP) is 12.6. The molecule has 0 aliphatic carbocycles. The summed E-state index contributed by atoms with van der Waals surface area (Å²) in [4.78, 5) is 0. The zero-order chi connectivity index (χ0) is 28.1. The van der Waals surface area contributed by atoms with Crippen molar-refractivity contribution in [2.75, 3.05) is 13.2 Å². The standard InChI is InChI=1S/C37H67O2/c1-4-7-9-11-13-15-17-19-21-23-25-27-33-38-36-31-29-32-37(35(36)30-6-3)39-34-28-26-24-22-20-18-16-14-12-10-8-5-2/h29,31-32H,3-28,30,33-34H2,1-2H3. The Labute approximate surface area is 245 Å². The van der Waals surface area contributed by atoms with E-state index >= 15 is 0 Å². The first-order chi connectivity index (χ1) is 19.3. The first kappa shape index (κ1) is 35.8. The molecule has 0 aromatic heterocycles. The average molecular weight is 544 g/mol. The normalized spacial score (nSPS) is 11.3. The minimum atomic E-state index is 0.809. The lowest BCUT2D eigenvalue weighted by atomic mass is 10.1. The highest BCUT2D eigenvalue weighted by molar-refractivity contribution is 5.45. The van der Waals surface area contributed by atoms with Crippen LogP contribution < -0.4 is 9.47 Å². The van der Waals surface area contributed by atoms with Crippen LogP contribution in [0.2, 0.25) is 0 Å². The zero-order valence-corrected chi connectivity index (χ0v) is 26.6.